The third kappa shape index (κ3) is 30.5. The predicted octanol–water partition coefficient (Wildman–Crippen LogP) is 7.51. The van der Waals surface area contributed by atoms with Gasteiger partial charge in [0.1, 0.15) is 43.2 Å². The van der Waals surface area contributed by atoms with E-state index in [2.05, 4.69) is 47.2 Å². The van der Waals surface area contributed by atoms with Crippen LogP contribution >= 0.6 is 23.5 Å². The molecule has 1 aliphatic rings. The summed E-state index contributed by atoms with van der Waals surface area (Å²) in [6.07, 6.45) is 15.0. The summed E-state index contributed by atoms with van der Waals surface area (Å²) in [5.74, 6) is -1.31. The summed E-state index contributed by atoms with van der Waals surface area (Å²) >= 11 is 0. The molecule has 63 heavy (non-hydrogen) atoms. The molecule has 8 N–H and O–H groups in total. The molecule has 0 aliphatic heterocycles. The van der Waals surface area contributed by atoms with Gasteiger partial charge >= 0.3 is 35.4 Å². The molecule has 0 bridgehead atoms. The molecule has 0 radical (unpaired) electrons. The smallest absolute Gasteiger partial charge is 0.462 e. The van der Waals surface area contributed by atoms with E-state index in [-0.39, 0.29) is 12.8 Å². The Bertz CT molecular complexity index is 1440. The van der Waals surface area contributed by atoms with Gasteiger partial charge in [0.2, 0.25) is 0 Å². The quantitative estimate of drug-likeness (QED) is 0.0128. The Hall–Kier alpha value is -1.37. The summed E-state index contributed by atoms with van der Waals surface area (Å²) in [7, 11) is -16.6. The molecule has 0 heterocycles. The number of ether oxygens (including phenoxy) is 2. The molecular formula is C41H77O19P3. The van der Waals surface area contributed by atoms with Gasteiger partial charge in [-0.1, -0.05) is 141 Å². The molecule has 0 aromatic rings. The fourth-order valence-electron chi connectivity index (χ4n) is 6.86. The molecule has 0 aromatic carbocycles. The molecule has 0 aromatic heterocycles. The largest absolute Gasteiger partial charge is 0.472 e. The number of carbonyl (C=O) groups is 2. The van der Waals surface area contributed by atoms with E-state index in [1.165, 1.54) is 51.4 Å². The zero-order valence-electron chi connectivity index (χ0n) is 37.1. The van der Waals surface area contributed by atoms with Crippen LogP contribution in [0.4, 0.5) is 0 Å². The topological polar surface area (TPSA) is 303 Å². The van der Waals surface area contributed by atoms with Crippen LogP contribution in [0.2, 0.25) is 0 Å². The average Bonchev–Trinajstić information content (AvgIpc) is 3.20. The fourth-order valence-corrected chi connectivity index (χ4v) is 8.95. The van der Waals surface area contributed by atoms with Gasteiger partial charge in [-0.2, -0.15) is 0 Å². The van der Waals surface area contributed by atoms with Gasteiger partial charge < -0.3 is 49.3 Å². The Labute approximate surface area is 373 Å². The highest BCUT2D eigenvalue weighted by molar-refractivity contribution is 7.47. The number of phosphoric ester groups is 3. The van der Waals surface area contributed by atoms with Gasteiger partial charge in [-0.05, 0) is 38.5 Å². The van der Waals surface area contributed by atoms with Crippen LogP contribution in [0.15, 0.2) is 24.3 Å². The lowest BCUT2D eigenvalue weighted by atomic mass is 9.85. The number of hydrogen-bond acceptors (Lipinski definition) is 14. The lowest BCUT2D eigenvalue weighted by Gasteiger charge is -2.44. The van der Waals surface area contributed by atoms with Gasteiger partial charge in [-0.15, -0.1) is 0 Å². The number of aliphatic hydroxyl groups excluding tert-OH is 3. The Kier molecular flexibility index (Phi) is 32.2. The number of rotatable bonds is 38. The lowest BCUT2D eigenvalue weighted by Crippen LogP contribution is -2.65. The van der Waals surface area contributed by atoms with Crippen LogP contribution in [0.1, 0.15) is 168 Å². The normalized spacial score (nSPS) is 22.4. The van der Waals surface area contributed by atoms with Crippen molar-refractivity contribution in [2.45, 2.75) is 211 Å². The predicted molar refractivity (Wildman–Crippen MR) is 234 cm³/mol. The highest BCUT2D eigenvalue weighted by Crippen LogP contribution is 2.51. The highest BCUT2D eigenvalue weighted by Gasteiger charge is 2.56. The zero-order chi connectivity index (χ0) is 47.2. The Morgan fingerprint density at radius 1 is 0.508 bits per heavy atom. The van der Waals surface area contributed by atoms with E-state index < -0.39 is 91.3 Å². The standard InChI is InChI=1S/C41H77O19P3/c1-3-5-7-9-11-13-15-17-19-21-23-25-27-29-34(42)55-31-33(57-35(43)30-28-26-24-22-20-18-16-14-12-10-8-6-4-2)32-56-63(53,54)60-39-36(44)37(45)40(58-61(47,48)49)41(38(39)46)59-62(50,51)52/h8,10,14,16,33,36-41,44-46H,3-7,9,11-13,15,17-32H2,1-2H3,(H,53,54)(H2,47,48,49)(H2,50,51,52). The first-order valence-corrected chi connectivity index (χ1v) is 27.2. The minimum Gasteiger partial charge on any atom is -0.462 e. The van der Waals surface area contributed by atoms with E-state index >= 15 is 0 Å². The molecule has 370 valence electrons. The van der Waals surface area contributed by atoms with E-state index in [1.807, 2.05) is 0 Å². The van der Waals surface area contributed by atoms with Crippen molar-refractivity contribution in [1.82, 2.24) is 0 Å². The Balaban J connectivity index is 2.77. The lowest BCUT2D eigenvalue weighted by molar-refractivity contribution is -0.213. The first-order valence-electron chi connectivity index (χ1n) is 22.6. The maximum atomic E-state index is 13.1. The van der Waals surface area contributed by atoms with Gasteiger partial charge in [0.05, 0.1) is 6.61 Å². The van der Waals surface area contributed by atoms with Crippen molar-refractivity contribution in [3.8, 4) is 0 Å². The molecule has 0 amide bonds. The first kappa shape index (κ1) is 59.6. The summed E-state index contributed by atoms with van der Waals surface area (Å²) in [6, 6.07) is 0. The van der Waals surface area contributed by atoms with Crippen LogP contribution in [-0.4, -0.2) is 108 Å². The molecule has 19 nitrogen and oxygen atoms in total. The number of allylic oxidation sites excluding steroid dienone is 4. The van der Waals surface area contributed by atoms with Crippen molar-refractivity contribution in [2.24, 2.45) is 0 Å². The SMILES string of the molecule is CCCC=CCC=CCCCCCCCC(=O)OC(COC(=O)CCCCCCCCCCCCCCC)COP(=O)(O)OC1C(O)C(O)C(OP(=O)(O)O)C(OP(=O)(O)O)C1O. The maximum Gasteiger partial charge on any atom is 0.472 e. The van der Waals surface area contributed by atoms with Crippen molar-refractivity contribution in [2.75, 3.05) is 13.2 Å². The Morgan fingerprint density at radius 2 is 0.952 bits per heavy atom. The summed E-state index contributed by atoms with van der Waals surface area (Å²) in [5.41, 5.74) is 0. The van der Waals surface area contributed by atoms with Crippen molar-refractivity contribution in [1.29, 1.82) is 0 Å². The van der Waals surface area contributed by atoms with Crippen LogP contribution in [0.5, 0.6) is 0 Å². The molecule has 1 fully saturated rings. The number of unbranched alkanes of at least 4 members (excludes halogenated alkanes) is 18. The van der Waals surface area contributed by atoms with Crippen molar-refractivity contribution in [3.05, 3.63) is 24.3 Å². The van der Waals surface area contributed by atoms with Crippen LogP contribution in [0.3, 0.4) is 0 Å². The summed E-state index contributed by atoms with van der Waals surface area (Å²) in [6.45, 7) is 2.85. The van der Waals surface area contributed by atoms with Gasteiger partial charge in [0.25, 0.3) is 0 Å². The van der Waals surface area contributed by atoms with Crippen LogP contribution in [-0.2, 0) is 50.9 Å². The van der Waals surface area contributed by atoms with E-state index in [0.29, 0.717) is 12.8 Å². The van der Waals surface area contributed by atoms with Crippen LogP contribution < -0.4 is 0 Å². The van der Waals surface area contributed by atoms with E-state index in [1.54, 1.807) is 0 Å². The maximum absolute atomic E-state index is 13.1. The molecular weight excluding hydrogens is 889 g/mol. The van der Waals surface area contributed by atoms with Gasteiger partial charge in [0, 0.05) is 12.8 Å². The fraction of sp³-hybridized carbons (Fsp3) is 0.854. The minimum absolute atomic E-state index is 0.0160. The molecule has 8 unspecified atom stereocenters. The first-order chi connectivity index (χ1) is 29.8. The second-order valence-corrected chi connectivity index (χ2v) is 19.8. The Morgan fingerprint density at radius 3 is 1.46 bits per heavy atom. The van der Waals surface area contributed by atoms with Gasteiger partial charge in [0.15, 0.2) is 6.10 Å². The molecule has 1 saturated carbocycles. The van der Waals surface area contributed by atoms with Crippen molar-refractivity contribution < 1.29 is 90.6 Å². The molecule has 1 aliphatic carbocycles. The average molecular weight is 967 g/mol. The summed E-state index contributed by atoms with van der Waals surface area (Å²) in [5, 5.41) is 31.8. The van der Waals surface area contributed by atoms with E-state index in [4.69, 9.17) is 18.5 Å². The number of hydrogen-bond donors (Lipinski definition) is 8. The number of carbonyl (C=O) groups excluding carboxylic acids is 2. The number of phosphoric acid groups is 3. The summed E-state index contributed by atoms with van der Waals surface area (Å²) < 4.78 is 65.3. The molecule has 8 atom stereocenters. The number of esters is 2. The molecule has 0 spiro atoms. The second kappa shape index (κ2) is 34.0. The zero-order valence-corrected chi connectivity index (χ0v) is 39.8. The van der Waals surface area contributed by atoms with Gasteiger partial charge in [-0.3, -0.25) is 27.7 Å². The minimum atomic E-state index is -5.60. The van der Waals surface area contributed by atoms with E-state index in [0.717, 1.165) is 77.0 Å². The van der Waals surface area contributed by atoms with E-state index in [9.17, 15) is 63.1 Å². The van der Waals surface area contributed by atoms with Crippen LogP contribution in [0.25, 0.3) is 0 Å². The third-order valence-corrected chi connectivity index (χ3v) is 12.3. The molecule has 22 heteroatoms. The molecule has 0 saturated heterocycles. The van der Waals surface area contributed by atoms with Crippen molar-refractivity contribution >= 4 is 35.4 Å². The third-order valence-electron chi connectivity index (χ3n) is 10.2. The second-order valence-electron chi connectivity index (χ2n) is 16.0. The molecule has 1 rings (SSSR count). The van der Waals surface area contributed by atoms with Gasteiger partial charge in [-0.25, -0.2) is 13.7 Å². The van der Waals surface area contributed by atoms with Crippen molar-refractivity contribution in [3.63, 3.8) is 0 Å². The monoisotopic (exact) mass is 966 g/mol. The summed E-state index contributed by atoms with van der Waals surface area (Å²) in [4.78, 5) is 73.0. The van der Waals surface area contributed by atoms with Crippen LogP contribution in [0, 0.1) is 0 Å². The number of aliphatic hydroxyl groups is 3. The highest BCUT2D eigenvalue weighted by atomic mass is 31.2.